The molecule has 0 saturated heterocycles. The van der Waals surface area contributed by atoms with E-state index in [9.17, 15) is 0 Å². The number of nitrogens with zero attached hydrogens (tertiary/aromatic N) is 2. The summed E-state index contributed by atoms with van der Waals surface area (Å²) in [5, 5.41) is 10.2. The van der Waals surface area contributed by atoms with E-state index in [0.717, 1.165) is 22.2 Å². The zero-order valence-electron chi connectivity index (χ0n) is 9.47. The summed E-state index contributed by atoms with van der Waals surface area (Å²) >= 11 is 5.15. The lowest BCUT2D eigenvalue weighted by molar-refractivity contribution is 0.304. The van der Waals surface area contributed by atoms with Gasteiger partial charge in [-0.15, -0.1) is 10.2 Å². The Morgan fingerprint density at radius 3 is 2.76 bits per heavy atom. The minimum absolute atomic E-state index is 0.297. The fourth-order valence-electron chi connectivity index (χ4n) is 1.29. The van der Waals surface area contributed by atoms with E-state index in [1.54, 1.807) is 11.3 Å². The van der Waals surface area contributed by atoms with E-state index in [-0.39, 0.29) is 0 Å². The SMILES string of the molecule is CCC(Br)c1nnc(COc2ccccc2)s1. The molecule has 0 radical (unpaired) electrons. The van der Waals surface area contributed by atoms with E-state index in [1.807, 2.05) is 30.3 Å². The minimum atomic E-state index is 0.297. The monoisotopic (exact) mass is 312 g/mol. The van der Waals surface area contributed by atoms with Crippen molar-refractivity contribution in [2.24, 2.45) is 0 Å². The first kappa shape index (κ1) is 12.5. The molecule has 0 aliphatic heterocycles. The average molecular weight is 313 g/mol. The highest BCUT2D eigenvalue weighted by Crippen LogP contribution is 2.28. The quantitative estimate of drug-likeness (QED) is 0.784. The third kappa shape index (κ3) is 3.51. The molecule has 0 amide bonds. The molecule has 0 bridgehead atoms. The highest BCUT2D eigenvalue weighted by atomic mass is 79.9. The van der Waals surface area contributed by atoms with E-state index in [1.165, 1.54) is 0 Å². The van der Waals surface area contributed by atoms with Crippen molar-refractivity contribution < 1.29 is 4.74 Å². The van der Waals surface area contributed by atoms with E-state index in [4.69, 9.17) is 4.74 Å². The van der Waals surface area contributed by atoms with E-state index < -0.39 is 0 Å². The first-order valence-corrected chi connectivity index (χ1v) is 7.17. The summed E-state index contributed by atoms with van der Waals surface area (Å²) in [5.74, 6) is 0.857. The standard InChI is InChI=1S/C12H13BrN2OS/c1-2-10(13)12-15-14-11(17-12)8-16-9-6-4-3-5-7-9/h3-7,10H,2,8H2,1H3. The molecule has 0 N–H and O–H groups in total. The van der Waals surface area contributed by atoms with Crippen molar-refractivity contribution in [1.29, 1.82) is 0 Å². The zero-order chi connectivity index (χ0) is 12.1. The second-order valence-electron chi connectivity index (χ2n) is 3.51. The van der Waals surface area contributed by atoms with Gasteiger partial charge in [0.25, 0.3) is 0 Å². The smallest absolute Gasteiger partial charge is 0.155 e. The molecule has 0 fully saturated rings. The van der Waals surface area contributed by atoms with Gasteiger partial charge < -0.3 is 4.74 Å². The zero-order valence-corrected chi connectivity index (χ0v) is 11.9. The Balaban J connectivity index is 1.94. The molecule has 1 atom stereocenters. The van der Waals surface area contributed by atoms with Crippen LogP contribution in [-0.4, -0.2) is 10.2 Å². The van der Waals surface area contributed by atoms with Gasteiger partial charge in [0.2, 0.25) is 0 Å². The summed E-state index contributed by atoms with van der Waals surface area (Å²) in [5.41, 5.74) is 0. The van der Waals surface area contributed by atoms with Crippen LogP contribution in [0.3, 0.4) is 0 Å². The van der Waals surface area contributed by atoms with Gasteiger partial charge in [0.1, 0.15) is 17.4 Å². The maximum atomic E-state index is 5.61. The van der Waals surface area contributed by atoms with E-state index >= 15 is 0 Å². The number of rotatable bonds is 5. The number of halogens is 1. The van der Waals surface area contributed by atoms with Crippen LogP contribution in [0.5, 0.6) is 5.75 Å². The lowest BCUT2D eigenvalue weighted by atomic mass is 10.3. The number of alkyl halides is 1. The minimum Gasteiger partial charge on any atom is -0.486 e. The number of hydrogen-bond acceptors (Lipinski definition) is 4. The molecule has 0 spiro atoms. The molecule has 90 valence electrons. The Labute approximate surface area is 113 Å². The lowest BCUT2D eigenvalue weighted by Crippen LogP contribution is -1.94. The Morgan fingerprint density at radius 2 is 2.06 bits per heavy atom. The van der Waals surface area contributed by atoms with Crippen LogP contribution >= 0.6 is 27.3 Å². The summed E-state index contributed by atoms with van der Waals surface area (Å²) in [4.78, 5) is 0.297. The van der Waals surface area contributed by atoms with Gasteiger partial charge in [-0.1, -0.05) is 52.4 Å². The molecule has 1 heterocycles. The molecule has 3 nitrogen and oxygen atoms in total. The third-order valence-corrected chi connectivity index (χ3v) is 4.61. The lowest BCUT2D eigenvalue weighted by Gasteiger charge is -2.02. The van der Waals surface area contributed by atoms with Gasteiger partial charge in [-0.2, -0.15) is 0 Å². The molecule has 2 rings (SSSR count). The van der Waals surface area contributed by atoms with Gasteiger partial charge in [0.15, 0.2) is 5.01 Å². The highest BCUT2D eigenvalue weighted by molar-refractivity contribution is 9.09. The second kappa shape index (κ2) is 6.12. The summed E-state index contributed by atoms with van der Waals surface area (Å²) in [7, 11) is 0. The van der Waals surface area contributed by atoms with E-state index in [0.29, 0.717) is 11.4 Å². The summed E-state index contributed by atoms with van der Waals surface area (Å²) in [6, 6.07) is 9.73. The molecular formula is C12H13BrN2OS. The molecule has 0 aliphatic carbocycles. The van der Waals surface area contributed by atoms with Crippen molar-refractivity contribution >= 4 is 27.3 Å². The van der Waals surface area contributed by atoms with Crippen LogP contribution in [0.25, 0.3) is 0 Å². The van der Waals surface area contributed by atoms with Crippen molar-refractivity contribution in [3.8, 4) is 5.75 Å². The molecule has 0 saturated carbocycles. The topological polar surface area (TPSA) is 35.0 Å². The van der Waals surface area contributed by atoms with Crippen molar-refractivity contribution in [2.75, 3.05) is 0 Å². The maximum Gasteiger partial charge on any atom is 0.155 e. The number of ether oxygens (including phenoxy) is 1. The molecule has 5 heteroatoms. The van der Waals surface area contributed by atoms with Crippen molar-refractivity contribution in [3.63, 3.8) is 0 Å². The van der Waals surface area contributed by atoms with Gasteiger partial charge in [-0.05, 0) is 18.6 Å². The molecule has 0 aliphatic rings. The summed E-state index contributed by atoms with van der Waals surface area (Å²) < 4.78 is 5.61. The Hall–Kier alpha value is -0.940. The molecule has 2 aromatic rings. The number of benzene rings is 1. The van der Waals surface area contributed by atoms with Gasteiger partial charge in [-0.25, -0.2) is 0 Å². The fraction of sp³-hybridized carbons (Fsp3) is 0.333. The number of aromatic nitrogens is 2. The molecular weight excluding hydrogens is 300 g/mol. The fourth-order valence-corrected chi connectivity index (χ4v) is 2.48. The van der Waals surface area contributed by atoms with Crippen LogP contribution in [0.4, 0.5) is 0 Å². The second-order valence-corrected chi connectivity index (χ2v) is 5.71. The highest BCUT2D eigenvalue weighted by Gasteiger charge is 2.11. The van der Waals surface area contributed by atoms with Gasteiger partial charge in [0, 0.05) is 0 Å². The van der Waals surface area contributed by atoms with Crippen LogP contribution in [-0.2, 0) is 6.61 Å². The van der Waals surface area contributed by atoms with Gasteiger partial charge in [0.05, 0.1) is 4.83 Å². The average Bonchev–Trinajstić information content (AvgIpc) is 2.85. The predicted molar refractivity (Wildman–Crippen MR) is 72.6 cm³/mol. The van der Waals surface area contributed by atoms with Gasteiger partial charge in [-0.3, -0.25) is 0 Å². The molecule has 17 heavy (non-hydrogen) atoms. The summed E-state index contributed by atoms with van der Waals surface area (Å²) in [6.45, 7) is 2.59. The van der Waals surface area contributed by atoms with Gasteiger partial charge >= 0.3 is 0 Å². The summed E-state index contributed by atoms with van der Waals surface area (Å²) in [6.07, 6.45) is 1.01. The van der Waals surface area contributed by atoms with Crippen LogP contribution in [0.2, 0.25) is 0 Å². The maximum absolute atomic E-state index is 5.61. The van der Waals surface area contributed by atoms with Crippen LogP contribution in [0, 0.1) is 0 Å². The van der Waals surface area contributed by atoms with Crippen molar-refractivity contribution in [3.05, 3.63) is 40.3 Å². The molecule has 1 unspecified atom stereocenters. The molecule has 1 aromatic heterocycles. The Bertz CT molecular complexity index is 461. The Morgan fingerprint density at radius 1 is 1.29 bits per heavy atom. The number of para-hydroxylation sites is 1. The van der Waals surface area contributed by atoms with Crippen LogP contribution in [0.15, 0.2) is 30.3 Å². The Kier molecular flexibility index (Phi) is 4.50. The molecule has 1 aromatic carbocycles. The van der Waals surface area contributed by atoms with Crippen molar-refractivity contribution in [2.45, 2.75) is 24.8 Å². The first-order valence-electron chi connectivity index (χ1n) is 5.43. The van der Waals surface area contributed by atoms with Crippen LogP contribution in [0.1, 0.15) is 28.2 Å². The van der Waals surface area contributed by atoms with E-state index in [2.05, 4.69) is 33.1 Å². The normalized spacial score (nSPS) is 12.4. The first-order chi connectivity index (χ1) is 8.29. The third-order valence-electron chi connectivity index (χ3n) is 2.21. The van der Waals surface area contributed by atoms with Crippen LogP contribution < -0.4 is 4.74 Å². The van der Waals surface area contributed by atoms with Crippen molar-refractivity contribution in [1.82, 2.24) is 10.2 Å². The predicted octanol–water partition coefficient (Wildman–Crippen LogP) is 3.96. The number of hydrogen-bond donors (Lipinski definition) is 0. The largest absolute Gasteiger partial charge is 0.486 e.